The smallest absolute Gasteiger partial charge is 0.340 e. The molecule has 0 amide bonds. The molecule has 1 fully saturated rings. The first-order chi connectivity index (χ1) is 9.86. The van der Waals surface area contributed by atoms with Crippen molar-refractivity contribution in [3.63, 3.8) is 0 Å². The Balaban J connectivity index is 2.13. The summed E-state index contributed by atoms with van der Waals surface area (Å²) in [7, 11) is 0. The Hall–Kier alpha value is -2.15. The predicted octanol–water partition coefficient (Wildman–Crippen LogP) is 2.29. The monoisotopic (exact) mass is 294 g/mol. The number of carbonyl (C=O) groups is 1. The van der Waals surface area contributed by atoms with Crippen molar-refractivity contribution in [3.8, 4) is 0 Å². The van der Waals surface area contributed by atoms with Crippen LogP contribution in [-0.2, 0) is 9.47 Å². The number of hydrogen-bond donors (Lipinski definition) is 1. The maximum Gasteiger partial charge on any atom is 0.340 e. The van der Waals surface area contributed by atoms with Crippen molar-refractivity contribution in [3.05, 3.63) is 33.9 Å². The molecule has 1 aliphatic rings. The summed E-state index contributed by atoms with van der Waals surface area (Å²) in [5.74, 6) is -0.637. The van der Waals surface area contributed by atoms with Gasteiger partial charge in [0.15, 0.2) is 0 Å². The number of carbonyl (C=O) groups excluding carboxylic acids is 1. The van der Waals surface area contributed by atoms with Crippen LogP contribution in [0.2, 0.25) is 0 Å². The lowest BCUT2D eigenvalue weighted by molar-refractivity contribution is -0.384. The Morgan fingerprint density at radius 3 is 2.57 bits per heavy atom. The minimum atomic E-state index is -0.637. The molecule has 2 rings (SSSR count). The lowest BCUT2D eigenvalue weighted by Crippen LogP contribution is -2.35. The average Bonchev–Trinajstić information content (AvgIpc) is 2.37. The molecule has 2 atom stereocenters. The van der Waals surface area contributed by atoms with Gasteiger partial charge in [0.05, 0.1) is 22.7 Å². The topological polar surface area (TPSA) is 105 Å². The highest BCUT2D eigenvalue weighted by Gasteiger charge is 2.28. The maximum atomic E-state index is 12.2. The summed E-state index contributed by atoms with van der Waals surface area (Å²) in [6.07, 6.45) is 0.952. The van der Waals surface area contributed by atoms with E-state index in [1.165, 1.54) is 12.1 Å². The fourth-order valence-corrected chi connectivity index (χ4v) is 2.49. The van der Waals surface area contributed by atoms with E-state index in [0.29, 0.717) is 12.8 Å². The van der Waals surface area contributed by atoms with Crippen molar-refractivity contribution in [2.45, 2.75) is 45.0 Å². The van der Waals surface area contributed by atoms with E-state index in [-0.39, 0.29) is 35.3 Å². The molecular weight excluding hydrogens is 276 g/mol. The second-order valence-corrected chi connectivity index (χ2v) is 5.28. The Morgan fingerprint density at radius 1 is 1.38 bits per heavy atom. The number of esters is 1. The van der Waals surface area contributed by atoms with Gasteiger partial charge in [-0.3, -0.25) is 10.1 Å². The maximum absolute atomic E-state index is 12.2. The van der Waals surface area contributed by atoms with Crippen LogP contribution < -0.4 is 5.73 Å². The zero-order chi connectivity index (χ0) is 15.6. The molecule has 1 heterocycles. The number of nitrogens with zero attached hydrogens (tertiary/aromatic N) is 1. The van der Waals surface area contributed by atoms with Crippen LogP contribution >= 0.6 is 0 Å². The van der Waals surface area contributed by atoms with Gasteiger partial charge < -0.3 is 15.2 Å². The highest BCUT2D eigenvalue weighted by atomic mass is 16.6. The number of nitro groups is 1. The van der Waals surface area contributed by atoms with Gasteiger partial charge in [0, 0.05) is 30.7 Å². The third-order valence-electron chi connectivity index (χ3n) is 3.40. The van der Waals surface area contributed by atoms with Crippen molar-refractivity contribution in [1.82, 2.24) is 0 Å². The molecule has 0 bridgehead atoms. The lowest BCUT2D eigenvalue weighted by atomic mass is 10.0. The molecule has 1 aliphatic heterocycles. The summed E-state index contributed by atoms with van der Waals surface area (Å²) in [6, 6.07) is 3.73. The summed E-state index contributed by atoms with van der Waals surface area (Å²) in [5.41, 5.74) is 5.70. The number of non-ortho nitro benzene ring substituents is 1. The highest BCUT2D eigenvalue weighted by molar-refractivity contribution is 5.95. The molecule has 21 heavy (non-hydrogen) atoms. The van der Waals surface area contributed by atoms with Crippen LogP contribution in [0, 0.1) is 10.1 Å². The van der Waals surface area contributed by atoms with Crippen molar-refractivity contribution in [2.75, 3.05) is 5.73 Å². The Kier molecular flexibility index (Phi) is 4.42. The first-order valence-electron chi connectivity index (χ1n) is 6.77. The third kappa shape index (κ3) is 3.69. The zero-order valence-corrected chi connectivity index (χ0v) is 11.9. The minimum Gasteiger partial charge on any atom is -0.459 e. The van der Waals surface area contributed by atoms with E-state index in [1.807, 2.05) is 13.8 Å². The molecule has 0 spiro atoms. The number of ether oxygens (including phenoxy) is 2. The summed E-state index contributed by atoms with van der Waals surface area (Å²) < 4.78 is 11.0. The van der Waals surface area contributed by atoms with Gasteiger partial charge in [-0.1, -0.05) is 0 Å². The predicted molar refractivity (Wildman–Crippen MR) is 76.0 cm³/mol. The number of nitrogens with two attached hydrogens (primary N) is 1. The fourth-order valence-electron chi connectivity index (χ4n) is 2.49. The van der Waals surface area contributed by atoms with Gasteiger partial charge in [-0.05, 0) is 19.9 Å². The van der Waals surface area contributed by atoms with E-state index in [1.54, 1.807) is 0 Å². The average molecular weight is 294 g/mol. The van der Waals surface area contributed by atoms with Crippen LogP contribution in [0.25, 0.3) is 0 Å². The van der Waals surface area contributed by atoms with Gasteiger partial charge in [-0.2, -0.15) is 0 Å². The molecule has 0 aromatic heterocycles. The molecule has 1 saturated heterocycles. The normalized spacial score (nSPS) is 25.3. The first kappa shape index (κ1) is 15.2. The van der Waals surface area contributed by atoms with Gasteiger partial charge in [-0.15, -0.1) is 0 Å². The zero-order valence-electron chi connectivity index (χ0n) is 11.9. The van der Waals surface area contributed by atoms with E-state index in [2.05, 4.69) is 0 Å². The lowest BCUT2D eigenvalue weighted by Gasteiger charge is -2.31. The number of benzene rings is 1. The van der Waals surface area contributed by atoms with Gasteiger partial charge in [0.25, 0.3) is 5.69 Å². The van der Waals surface area contributed by atoms with Gasteiger partial charge in [0.2, 0.25) is 0 Å². The van der Waals surface area contributed by atoms with Crippen molar-refractivity contribution >= 4 is 17.3 Å². The van der Waals surface area contributed by atoms with E-state index < -0.39 is 10.9 Å². The second kappa shape index (κ2) is 6.09. The number of nitrogen functional groups attached to an aromatic ring is 1. The molecule has 7 nitrogen and oxygen atoms in total. The van der Waals surface area contributed by atoms with Crippen LogP contribution in [0.15, 0.2) is 18.2 Å². The molecule has 2 unspecified atom stereocenters. The molecular formula is C14H18N2O5. The van der Waals surface area contributed by atoms with Crippen molar-refractivity contribution in [2.24, 2.45) is 0 Å². The highest BCUT2D eigenvalue weighted by Crippen LogP contribution is 2.25. The standard InChI is InChI=1S/C14H18N2O5/c1-8-5-11(6-9(2)20-8)21-14(17)12-7-10(16(18)19)3-4-13(12)15/h3-4,7-9,11H,5-6,15H2,1-2H3. The molecule has 114 valence electrons. The minimum absolute atomic E-state index is 0.00834. The Labute approximate surface area is 122 Å². The number of anilines is 1. The number of hydrogen-bond acceptors (Lipinski definition) is 6. The molecule has 0 radical (unpaired) electrons. The largest absolute Gasteiger partial charge is 0.459 e. The number of rotatable bonds is 3. The Morgan fingerprint density at radius 2 is 2.00 bits per heavy atom. The molecule has 0 aliphatic carbocycles. The Bertz CT molecular complexity index is 550. The second-order valence-electron chi connectivity index (χ2n) is 5.28. The quantitative estimate of drug-likeness (QED) is 0.397. The fraction of sp³-hybridized carbons (Fsp3) is 0.500. The number of nitro benzene ring substituents is 1. The third-order valence-corrected chi connectivity index (χ3v) is 3.40. The summed E-state index contributed by atoms with van der Waals surface area (Å²) in [6.45, 7) is 3.83. The summed E-state index contributed by atoms with van der Waals surface area (Å²) in [4.78, 5) is 22.3. The van der Waals surface area contributed by atoms with Gasteiger partial charge >= 0.3 is 5.97 Å². The van der Waals surface area contributed by atoms with Gasteiger partial charge in [0.1, 0.15) is 6.10 Å². The van der Waals surface area contributed by atoms with E-state index in [9.17, 15) is 14.9 Å². The molecule has 0 saturated carbocycles. The SMILES string of the molecule is CC1CC(OC(=O)c2cc([N+](=O)[O-])ccc2N)CC(C)O1. The van der Waals surface area contributed by atoms with Crippen molar-refractivity contribution in [1.29, 1.82) is 0 Å². The summed E-state index contributed by atoms with van der Waals surface area (Å²) >= 11 is 0. The first-order valence-corrected chi connectivity index (χ1v) is 6.77. The van der Waals surface area contributed by atoms with Crippen LogP contribution in [0.1, 0.15) is 37.0 Å². The van der Waals surface area contributed by atoms with E-state index in [0.717, 1.165) is 6.07 Å². The van der Waals surface area contributed by atoms with Crippen LogP contribution in [0.5, 0.6) is 0 Å². The molecule has 2 N–H and O–H groups in total. The summed E-state index contributed by atoms with van der Waals surface area (Å²) in [5, 5.41) is 10.8. The van der Waals surface area contributed by atoms with E-state index in [4.69, 9.17) is 15.2 Å². The van der Waals surface area contributed by atoms with Gasteiger partial charge in [-0.25, -0.2) is 4.79 Å². The molecule has 1 aromatic carbocycles. The molecule has 1 aromatic rings. The van der Waals surface area contributed by atoms with Crippen LogP contribution in [0.4, 0.5) is 11.4 Å². The van der Waals surface area contributed by atoms with Crippen LogP contribution in [-0.4, -0.2) is 29.2 Å². The van der Waals surface area contributed by atoms with Crippen LogP contribution in [0.3, 0.4) is 0 Å². The van der Waals surface area contributed by atoms with E-state index >= 15 is 0 Å². The van der Waals surface area contributed by atoms with Crippen molar-refractivity contribution < 1.29 is 19.2 Å². The molecule has 7 heteroatoms.